The van der Waals surface area contributed by atoms with Crippen molar-refractivity contribution in [3.8, 4) is 11.3 Å². The van der Waals surface area contributed by atoms with Gasteiger partial charge in [-0.2, -0.15) is 4.98 Å². The number of aromatic nitrogens is 3. The minimum atomic E-state index is -0.656. The van der Waals surface area contributed by atoms with Gasteiger partial charge < -0.3 is 19.9 Å². The number of anilines is 2. The number of amides is 2. The number of hydrogen-bond donors (Lipinski definition) is 1. The number of halogens is 2. The number of nitrogens with one attached hydrogen (secondary N) is 1. The van der Waals surface area contributed by atoms with E-state index < -0.39 is 24.0 Å². The molecule has 1 atom stereocenters. The Morgan fingerprint density at radius 1 is 1.26 bits per heavy atom. The van der Waals surface area contributed by atoms with Crippen LogP contribution in [0.5, 0.6) is 0 Å². The van der Waals surface area contributed by atoms with Gasteiger partial charge in [0, 0.05) is 25.7 Å². The summed E-state index contributed by atoms with van der Waals surface area (Å²) in [5.41, 5.74) is 0.0555. The summed E-state index contributed by atoms with van der Waals surface area (Å²) >= 11 is 6.82. The molecular formula is C31H32ClFN6O4. The maximum Gasteiger partial charge on any atom is 0.355 e. The normalized spacial score (nSPS) is 19.2. The van der Waals surface area contributed by atoms with E-state index >= 15 is 4.39 Å². The molecule has 10 nitrogen and oxygen atoms in total. The predicted octanol–water partition coefficient (Wildman–Crippen LogP) is 4.84. The summed E-state index contributed by atoms with van der Waals surface area (Å²) in [6.45, 7) is 11.9. The number of piperazine rings is 1. The highest BCUT2D eigenvalue weighted by molar-refractivity contribution is 6.34. The van der Waals surface area contributed by atoms with Crippen molar-refractivity contribution in [1.82, 2.24) is 19.4 Å². The van der Waals surface area contributed by atoms with E-state index in [1.54, 1.807) is 30.0 Å². The molecule has 43 heavy (non-hydrogen) atoms. The van der Waals surface area contributed by atoms with Crippen LogP contribution in [0.15, 0.2) is 59.6 Å². The Bertz CT molecular complexity index is 1770. The van der Waals surface area contributed by atoms with Crippen LogP contribution in [-0.4, -0.2) is 63.5 Å². The third kappa shape index (κ3) is 5.64. The molecule has 1 aromatic carbocycles. The first-order valence-corrected chi connectivity index (χ1v) is 14.3. The fourth-order valence-corrected chi connectivity index (χ4v) is 5.65. The van der Waals surface area contributed by atoms with E-state index in [0.717, 1.165) is 0 Å². The van der Waals surface area contributed by atoms with Gasteiger partial charge in [0.05, 0.1) is 33.1 Å². The zero-order chi connectivity index (χ0) is 31.0. The summed E-state index contributed by atoms with van der Waals surface area (Å²) in [5.74, 6) is -0.794. The number of allylic oxidation sites excluding steroid dienone is 3. The van der Waals surface area contributed by atoms with Crippen LogP contribution in [0.1, 0.15) is 27.7 Å². The predicted molar refractivity (Wildman–Crippen MR) is 165 cm³/mol. The molecule has 0 radical (unpaired) electrons. The summed E-state index contributed by atoms with van der Waals surface area (Å²) in [5, 5.41) is 3.25. The molecule has 2 aromatic heterocycles. The van der Waals surface area contributed by atoms with Crippen molar-refractivity contribution in [2.75, 3.05) is 36.5 Å². The minimum absolute atomic E-state index is 0.0220. The van der Waals surface area contributed by atoms with Crippen LogP contribution >= 0.6 is 11.6 Å². The summed E-state index contributed by atoms with van der Waals surface area (Å²) in [6, 6.07) is 5.66. The molecule has 0 spiro atoms. The number of fused-ring (bicyclic) bond motifs is 3. The Labute approximate surface area is 253 Å². The molecule has 2 bridgehead atoms. The lowest BCUT2D eigenvalue weighted by Crippen LogP contribution is -2.54. The molecular weight excluding hydrogens is 575 g/mol. The smallest absolute Gasteiger partial charge is 0.355 e. The monoisotopic (exact) mass is 606 g/mol. The number of ether oxygens (including phenoxy) is 1. The minimum Gasteiger partial charge on any atom is -0.482 e. The highest BCUT2D eigenvalue weighted by Crippen LogP contribution is 2.39. The zero-order valence-electron chi connectivity index (χ0n) is 24.4. The van der Waals surface area contributed by atoms with Crippen molar-refractivity contribution in [2.45, 2.75) is 33.7 Å². The molecule has 1 N–H and O–H groups in total. The summed E-state index contributed by atoms with van der Waals surface area (Å²) in [6.07, 6.45) is 4.75. The van der Waals surface area contributed by atoms with Crippen molar-refractivity contribution in [1.29, 1.82) is 0 Å². The third-order valence-electron chi connectivity index (χ3n) is 7.32. The largest absolute Gasteiger partial charge is 0.482 e. The van der Waals surface area contributed by atoms with E-state index in [0.29, 0.717) is 36.5 Å². The number of hydrogen-bond acceptors (Lipinski definition) is 7. The maximum atomic E-state index is 15.4. The summed E-state index contributed by atoms with van der Waals surface area (Å²) < 4.78 is 22.7. The first-order valence-electron chi connectivity index (χ1n) is 14.0. The van der Waals surface area contributed by atoms with E-state index in [1.807, 2.05) is 31.7 Å². The topological polar surface area (TPSA) is 110 Å². The molecule has 3 aromatic rings. The second-order valence-electron chi connectivity index (χ2n) is 10.7. The van der Waals surface area contributed by atoms with Gasteiger partial charge >= 0.3 is 5.69 Å². The lowest BCUT2D eigenvalue weighted by atomic mass is 10.1. The van der Waals surface area contributed by atoms with Crippen LogP contribution in [0.25, 0.3) is 28.0 Å². The van der Waals surface area contributed by atoms with Gasteiger partial charge in [-0.05, 0) is 50.1 Å². The second kappa shape index (κ2) is 12.0. The van der Waals surface area contributed by atoms with Crippen molar-refractivity contribution in [3.63, 3.8) is 0 Å². The molecule has 1 fully saturated rings. The summed E-state index contributed by atoms with van der Waals surface area (Å²) in [7, 11) is 0. The molecule has 12 heteroatoms. The Morgan fingerprint density at radius 2 is 2.02 bits per heavy atom. The standard InChI is InChI=1S/C31H32ClFN6O4/c1-6-24-23(13-17(3)4)39-30-19(29(36-31(39)42)38-12-11-37(15-18(38)5)26(41)7-2)14-20(32)28(35-30)27-21(33)9-8-10-22(27)34-25(40)16-43-24/h6-10,13-14,17-18H,2,11-12,15-16H2,1,3-5H3,(H,34,40)/b23-13-,24-6+/t18-/m0/s1. The average molecular weight is 607 g/mol. The zero-order valence-corrected chi connectivity index (χ0v) is 25.1. The highest BCUT2D eigenvalue weighted by atomic mass is 35.5. The number of benzene rings is 1. The molecule has 2 aliphatic heterocycles. The molecule has 224 valence electrons. The quantitative estimate of drug-likeness (QED) is 0.425. The molecule has 0 saturated carbocycles. The Balaban J connectivity index is 1.85. The van der Waals surface area contributed by atoms with Crippen molar-refractivity contribution in [3.05, 3.63) is 76.2 Å². The van der Waals surface area contributed by atoms with E-state index in [-0.39, 0.29) is 51.2 Å². The van der Waals surface area contributed by atoms with Gasteiger partial charge in [-0.1, -0.05) is 44.2 Å². The van der Waals surface area contributed by atoms with Gasteiger partial charge in [0.15, 0.2) is 12.3 Å². The second-order valence-corrected chi connectivity index (χ2v) is 11.1. The fraction of sp³-hybridized carbons (Fsp3) is 0.323. The van der Waals surface area contributed by atoms with Gasteiger partial charge in [0.25, 0.3) is 5.91 Å². The highest BCUT2D eigenvalue weighted by Gasteiger charge is 2.31. The molecule has 1 saturated heterocycles. The first kappa shape index (κ1) is 30.0. The average Bonchev–Trinajstić information content (AvgIpc) is 2.96. The number of pyridine rings is 1. The van der Waals surface area contributed by atoms with Crippen LogP contribution in [0.3, 0.4) is 0 Å². The van der Waals surface area contributed by atoms with Crippen LogP contribution in [0, 0.1) is 11.7 Å². The van der Waals surface area contributed by atoms with Crippen LogP contribution in [0.4, 0.5) is 15.9 Å². The van der Waals surface area contributed by atoms with Crippen LogP contribution in [-0.2, 0) is 14.3 Å². The van der Waals surface area contributed by atoms with Gasteiger partial charge in [0.2, 0.25) is 5.91 Å². The van der Waals surface area contributed by atoms with E-state index in [2.05, 4.69) is 16.9 Å². The number of carbonyl (C=O) groups is 2. The fourth-order valence-electron chi connectivity index (χ4n) is 5.40. The maximum absolute atomic E-state index is 15.4. The van der Waals surface area contributed by atoms with E-state index in [9.17, 15) is 14.4 Å². The number of rotatable bonds is 3. The van der Waals surface area contributed by atoms with Gasteiger partial charge in [0.1, 0.15) is 17.4 Å². The molecule has 2 amide bonds. The van der Waals surface area contributed by atoms with Crippen LogP contribution < -0.4 is 15.9 Å². The van der Waals surface area contributed by atoms with E-state index in [1.165, 1.54) is 22.8 Å². The molecule has 2 aliphatic rings. The number of nitrogens with zero attached hydrogens (tertiary/aromatic N) is 5. The number of carbonyl (C=O) groups excluding carboxylic acids is 2. The molecule has 4 heterocycles. The third-order valence-corrected chi connectivity index (χ3v) is 7.61. The lowest BCUT2D eigenvalue weighted by molar-refractivity contribution is -0.126. The van der Waals surface area contributed by atoms with E-state index in [4.69, 9.17) is 21.3 Å². The first-order chi connectivity index (χ1) is 20.5. The van der Waals surface area contributed by atoms with Crippen molar-refractivity contribution < 1.29 is 18.7 Å². The van der Waals surface area contributed by atoms with Gasteiger partial charge in [-0.3, -0.25) is 9.59 Å². The lowest BCUT2D eigenvalue weighted by Gasteiger charge is -2.40. The van der Waals surface area contributed by atoms with Gasteiger partial charge in [-0.15, -0.1) is 0 Å². The molecule has 0 aliphatic carbocycles. The van der Waals surface area contributed by atoms with Crippen molar-refractivity contribution in [2.24, 2.45) is 5.92 Å². The summed E-state index contributed by atoms with van der Waals surface area (Å²) in [4.78, 5) is 52.1. The Kier molecular flexibility index (Phi) is 8.36. The molecule has 5 rings (SSSR count). The van der Waals surface area contributed by atoms with Gasteiger partial charge in [-0.25, -0.2) is 18.7 Å². The Morgan fingerprint density at radius 3 is 2.70 bits per heavy atom. The SMILES string of the molecule is C=CC(=O)N1CCN(c2nc(=O)n3c4nc(c(Cl)cc24)-c2c(F)cccc2NC(=O)COC(=C/C)/C3=C/C(C)C)[C@@H](C)C1. The Hall–Kier alpha value is -4.51. The van der Waals surface area contributed by atoms with Crippen molar-refractivity contribution >= 4 is 51.7 Å². The molecule has 0 unspecified atom stereocenters. The van der Waals surface area contributed by atoms with Crippen LogP contribution in [0.2, 0.25) is 5.02 Å².